The lowest BCUT2D eigenvalue weighted by molar-refractivity contribution is -0.394. The first-order valence-corrected chi connectivity index (χ1v) is 6.02. The van der Waals surface area contributed by atoms with Crippen molar-refractivity contribution in [1.82, 2.24) is 0 Å². The zero-order valence-electron chi connectivity index (χ0n) is 11.2. The van der Waals surface area contributed by atoms with Crippen molar-refractivity contribution in [3.05, 3.63) is 44.0 Å². The van der Waals surface area contributed by atoms with Gasteiger partial charge in [-0.2, -0.15) is 0 Å². The molecule has 0 aromatic heterocycles. The van der Waals surface area contributed by atoms with E-state index in [0.29, 0.717) is 6.42 Å². The van der Waals surface area contributed by atoms with Crippen LogP contribution in [0.2, 0.25) is 0 Å². The molecule has 1 aromatic carbocycles. The zero-order chi connectivity index (χ0) is 15.8. The van der Waals surface area contributed by atoms with Crippen molar-refractivity contribution in [2.24, 2.45) is 0 Å². The van der Waals surface area contributed by atoms with E-state index in [9.17, 15) is 25.0 Å². The number of hydrogen-bond donors (Lipinski definition) is 0. The second-order valence-electron chi connectivity index (χ2n) is 3.93. The van der Waals surface area contributed by atoms with Crippen LogP contribution < -0.4 is 0 Å². The molecule has 8 heteroatoms. The van der Waals surface area contributed by atoms with E-state index in [1.165, 1.54) is 0 Å². The fraction of sp³-hybridized carbons (Fsp3) is 0.308. The molecular weight excluding hydrogens is 280 g/mol. The highest BCUT2D eigenvalue weighted by atomic mass is 16.6. The van der Waals surface area contributed by atoms with Crippen LogP contribution in [0.5, 0.6) is 0 Å². The standard InChI is InChI=1S/C13H12N2O6/c1-2-3-4-5-6-21-13(16)10-7-11(14(17)18)9-12(8-10)15(19)20/h7-9H,2-3,6H2,1H3. The van der Waals surface area contributed by atoms with Gasteiger partial charge in [-0.15, -0.1) is 0 Å². The fourth-order valence-corrected chi connectivity index (χ4v) is 1.37. The number of ether oxygens (including phenoxy) is 1. The molecule has 1 rings (SSSR count). The first-order chi connectivity index (χ1) is 9.95. The number of carbonyl (C=O) groups is 1. The Morgan fingerprint density at radius 3 is 2.19 bits per heavy atom. The molecule has 110 valence electrons. The number of carbonyl (C=O) groups excluding carboxylic acids is 1. The Kier molecular flexibility index (Phi) is 5.82. The van der Waals surface area contributed by atoms with E-state index in [-0.39, 0.29) is 12.2 Å². The predicted octanol–water partition coefficient (Wildman–Crippen LogP) is 2.46. The van der Waals surface area contributed by atoms with Gasteiger partial charge in [0.15, 0.2) is 6.61 Å². The number of hydrogen-bond acceptors (Lipinski definition) is 6. The van der Waals surface area contributed by atoms with Gasteiger partial charge in [0.05, 0.1) is 21.5 Å². The summed E-state index contributed by atoms with van der Waals surface area (Å²) in [6.45, 7) is 1.78. The van der Waals surface area contributed by atoms with Crippen LogP contribution >= 0.6 is 0 Å². The van der Waals surface area contributed by atoms with Crippen LogP contribution in [0.1, 0.15) is 30.1 Å². The number of benzene rings is 1. The first-order valence-electron chi connectivity index (χ1n) is 6.02. The Morgan fingerprint density at radius 2 is 1.71 bits per heavy atom. The molecule has 0 saturated heterocycles. The van der Waals surface area contributed by atoms with Crippen molar-refractivity contribution in [2.75, 3.05) is 6.61 Å². The molecule has 0 spiro atoms. The van der Waals surface area contributed by atoms with Gasteiger partial charge in [-0.25, -0.2) is 4.79 Å². The Hall–Kier alpha value is -2.95. The molecular formula is C13H12N2O6. The minimum absolute atomic E-state index is 0.171. The summed E-state index contributed by atoms with van der Waals surface area (Å²) in [4.78, 5) is 31.4. The van der Waals surface area contributed by atoms with Crippen LogP contribution in [0, 0.1) is 32.1 Å². The van der Waals surface area contributed by atoms with Crippen molar-refractivity contribution in [3.8, 4) is 11.8 Å². The van der Waals surface area contributed by atoms with Crippen LogP contribution in [-0.4, -0.2) is 22.4 Å². The molecule has 0 saturated carbocycles. The van der Waals surface area contributed by atoms with Gasteiger partial charge in [0.25, 0.3) is 11.4 Å². The monoisotopic (exact) mass is 292 g/mol. The normalized spacial score (nSPS) is 9.38. The number of nitrogens with zero attached hydrogens (tertiary/aromatic N) is 2. The third-order valence-electron chi connectivity index (χ3n) is 2.34. The number of rotatable bonds is 5. The number of nitro groups is 2. The van der Waals surface area contributed by atoms with Gasteiger partial charge >= 0.3 is 5.97 Å². The minimum Gasteiger partial charge on any atom is -0.449 e. The zero-order valence-corrected chi connectivity index (χ0v) is 11.2. The second kappa shape index (κ2) is 7.59. The van der Waals surface area contributed by atoms with Crippen LogP contribution in [-0.2, 0) is 4.74 Å². The molecule has 21 heavy (non-hydrogen) atoms. The van der Waals surface area contributed by atoms with E-state index in [2.05, 4.69) is 11.8 Å². The number of nitro benzene ring substituents is 2. The van der Waals surface area contributed by atoms with E-state index in [0.717, 1.165) is 24.6 Å². The van der Waals surface area contributed by atoms with Crippen LogP contribution in [0.25, 0.3) is 0 Å². The maximum atomic E-state index is 11.7. The number of non-ortho nitro benzene ring substituents is 2. The maximum absolute atomic E-state index is 11.7. The highest BCUT2D eigenvalue weighted by Gasteiger charge is 2.20. The largest absolute Gasteiger partial charge is 0.449 e. The molecule has 0 N–H and O–H groups in total. The average molecular weight is 292 g/mol. The molecule has 0 aliphatic rings. The molecule has 1 aromatic rings. The summed E-state index contributed by atoms with van der Waals surface area (Å²) in [7, 11) is 0. The van der Waals surface area contributed by atoms with Gasteiger partial charge < -0.3 is 4.74 Å². The topological polar surface area (TPSA) is 113 Å². The smallest absolute Gasteiger partial charge is 0.339 e. The van der Waals surface area contributed by atoms with E-state index >= 15 is 0 Å². The molecule has 0 amide bonds. The van der Waals surface area contributed by atoms with Gasteiger partial charge in [0.2, 0.25) is 0 Å². The quantitative estimate of drug-likeness (QED) is 0.356. The Labute approximate surface area is 120 Å². The summed E-state index contributed by atoms with van der Waals surface area (Å²) in [5.41, 5.74) is -1.35. The summed E-state index contributed by atoms with van der Waals surface area (Å²) in [5, 5.41) is 21.4. The summed E-state index contributed by atoms with van der Waals surface area (Å²) in [6, 6.07) is 2.63. The Bertz CT molecular complexity index is 597. The van der Waals surface area contributed by atoms with Crippen molar-refractivity contribution < 1.29 is 19.4 Å². The second-order valence-corrected chi connectivity index (χ2v) is 3.93. The van der Waals surface area contributed by atoms with E-state index < -0.39 is 27.2 Å². The van der Waals surface area contributed by atoms with Crippen molar-refractivity contribution in [3.63, 3.8) is 0 Å². The predicted molar refractivity (Wildman–Crippen MR) is 72.7 cm³/mol. The summed E-state index contributed by atoms with van der Waals surface area (Å²) in [5.74, 6) is 4.46. The first kappa shape index (κ1) is 16.1. The summed E-state index contributed by atoms with van der Waals surface area (Å²) in [6.07, 6.45) is 1.54. The molecule has 0 unspecified atom stereocenters. The number of unbranched alkanes of at least 4 members (excludes halogenated alkanes) is 1. The Morgan fingerprint density at radius 1 is 1.14 bits per heavy atom. The summed E-state index contributed by atoms with van der Waals surface area (Å²) >= 11 is 0. The molecule has 0 aliphatic heterocycles. The Balaban J connectivity index is 2.91. The van der Waals surface area contributed by atoms with Crippen molar-refractivity contribution >= 4 is 17.3 Å². The lowest BCUT2D eigenvalue weighted by atomic mass is 10.2. The molecule has 0 fully saturated rings. The van der Waals surface area contributed by atoms with Crippen LogP contribution in [0.15, 0.2) is 18.2 Å². The fourth-order valence-electron chi connectivity index (χ4n) is 1.37. The van der Waals surface area contributed by atoms with Gasteiger partial charge in [0.1, 0.15) is 0 Å². The van der Waals surface area contributed by atoms with Crippen molar-refractivity contribution in [2.45, 2.75) is 19.8 Å². The van der Waals surface area contributed by atoms with E-state index in [1.807, 2.05) is 6.92 Å². The lowest BCUT2D eigenvalue weighted by Gasteiger charge is -2.01. The third kappa shape index (κ3) is 4.91. The third-order valence-corrected chi connectivity index (χ3v) is 2.34. The van der Waals surface area contributed by atoms with E-state index in [4.69, 9.17) is 4.74 Å². The highest BCUT2D eigenvalue weighted by molar-refractivity contribution is 5.91. The lowest BCUT2D eigenvalue weighted by Crippen LogP contribution is -2.07. The van der Waals surface area contributed by atoms with Crippen LogP contribution in [0.4, 0.5) is 11.4 Å². The molecule has 8 nitrogen and oxygen atoms in total. The molecule has 0 radical (unpaired) electrons. The minimum atomic E-state index is -0.896. The molecule has 0 bridgehead atoms. The molecule has 0 aliphatic carbocycles. The van der Waals surface area contributed by atoms with Gasteiger partial charge in [-0.05, 0) is 6.42 Å². The summed E-state index contributed by atoms with van der Waals surface area (Å²) < 4.78 is 4.79. The van der Waals surface area contributed by atoms with Gasteiger partial charge in [-0.3, -0.25) is 20.2 Å². The van der Waals surface area contributed by atoms with E-state index in [1.54, 1.807) is 0 Å². The van der Waals surface area contributed by atoms with Gasteiger partial charge in [0, 0.05) is 18.6 Å². The number of esters is 1. The molecule has 0 heterocycles. The molecule has 0 atom stereocenters. The van der Waals surface area contributed by atoms with Crippen LogP contribution in [0.3, 0.4) is 0 Å². The highest BCUT2D eigenvalue weighted by Crippen LogP contribution is 2.23. The van der Waals surface area contributed by atoms with Crippen molar-refractivity contribution in [1.29, 1.82) is 0 Å². The SMILES string of the molecule is CCCC#CCOC(=O)c1cc([N+](=O)[O-])cc([N+](=O)[O-])c1. The maximum Gasteiger partial charge on any atom is 0.339 e. The van der Waals surface area contributed by atoms with Gasteiger partial charge in [-0.1, -0.05) is 18.8 Å². The average Bonchev–Trinajstić information content (AvgIpc) is 2.46.